The lowest BCUT2D eigenvalue weighted by molar-refractivity contribution is -0.0974. The van der Waals surface area contributed by atoms with Gasteiger partial charge in [-0.15, -0.1) is 0 Å². The molecular formula is C11H14ClN3O4. The summed E-state index contributed by atoms with van der Waals surface area (Å²) < 4.78 is 6.78. The van der Waals surface area contributed by atoms with Crippen LogP contribution in [0.1, 0.15) is 12.6 Å². The van der Waals surface area contributed by atoms with E-state index in [9.17, 15) is 15.0 Å². The molecule has 0 aliphatic carbocycles. The Morgan fingerprint density at radius 2 is 2.47 bits per heavy atom. The summed E-state index contributed by atoms with van der Waals surface area (Å²) in [6, 6.07) is 1.45. The number of ether oxygens (including phenoxy) is 1. The van der Waals surface area contributed by atoms with Crippen LogP contribution in [0.3, 0.4) is 0 Å². The van der Waals surface area contributed by atoms with E-state index in [-0.39, 0.29) is 12.2 Å². The molecule has 2 heterocycles. The molecule has 0 amide bonds. The zero-order chi connectivity index (χ0) is 14.0. The second-order valence-corrected chi connectivity index (χ2v) is 4.52. The van der Waals surface area contributed by atoms with Gasteiger partial charge in [0.2, 0.25) is 0 Å². The van der Waals surface area contributed by atoms with E-state index in [4.69, 9.17) is 22.1 Å². The van der Waals surface area contributed by atoms with E-state index in [0.29, 0.717) is 0 Å². The van der Waals surface area contributed by atoms with Gasteiger partial charge in [-0.3, -0.25) is 4.57 Å². The number of nitrogens with two attached hydrogens (primary N) is 1. The number of nitrogen functional groups attached to an aromatic ring is 1. The van der Waals surface area contributed by atoms with E-state index < -0.39 is 30.2 Å². The Kier molecular flexibility index (Phi) is 3.91. The lowest BCUT2D eigenvalue weighted by Crippen LogP contribution is -2.41. The van der Waals surface area contributed by atoms with E-state index in [2.05, 4.69) is 4.98 Å². The SMILES string of the molecule is Nc1ccn([C@H]2C[C@H](O)[C@@](/C=C\Cl)(CO)O2)c(=O)n1. The first kappa shape index (κ1) is 14.0. The van der Waals surface area contributed by atoms with Gasteiger partial charge in [-0.1, -0.05) is 11.6 Å². The molecule has 2 rings (SSSR count). The van der Waals surface area contributed by atoms with Gasteiger partial charge in [0.1, 0.15) is 17.6 Å². The Morgan fingerprint density at radius 3 is 3.05 bits per heavy atom. The molecule has 0 bridgehead atoms. The monoisotopic (exact) mass is 287 g/mol. The molecule has 1 saturated heterocycles. The average Bonchev–Trinajstić information content (AvgIpc) is 2.67. The largest absolute Gasteiger partial charge is 0.393 e. The molecule has 7 nitrogen and oxygen atoms in total. The molecule has 0 saturated carbocycles. The molecule has 1 aromatic rings. The van der Waals surface area contributed by atoms with Crippen LogP contribution in [0, 0.1) is 0 Å². The Balaban J connectivity index is 2.32. The van der Waals surface area contributed by atoms with Gasteiger partial charge in [0.25, 0.3) is 0 Å². The van der Waals surface area contributed by atoms with Crippen LogP contribution < -0.4 is 11.4 Å². The van der Waals surface area contributed by atoms with Crippen LogP contribution in [0.15, 0.2) is 28.7 Å². The molecular weight excluding hydrogens is 274 g/mol. The molecule has 0 aromatic carbocycles. The number of aliphatic hydroxyl groups is 2. The summed E-state index contributed by atoms with van der Waals surface area (Å²) in [5.74, 6) is 0.105. The molecule has 1 fully saturated rings. The summed E-state index contributed by atoms with van der Waals surface area (Å²) >= 11 is 5.48. The standard InChI is InChI=1S/C11H14ClN3O4/c12-3-2-11(6-16)7(17)5-9(19-11)15-4-1-8(13)14-10(15)18/h1-4,7,9,16-17H,5-6H2,(H2,13,14,18)/b3-2-/t7-,9+,11+/m0/s1. The average molecular weight is 288 g/mol. The fourth-order valence-electron chi connectivity index (χ4n) is 2.04. The van der Waals surface area contributed by atoms with E-state index >= 15 is 0 Å². The number of halogens is 1. The quantitative estimate of drug-likeness (QED) is 0.697. The highest BCUT2D eigenvalue weighted by Crippen LogP contribution is 2.37. The van der Waals surface area contributed by atoms with Gasteiger partial charge in [-0.05, 0) is 12.1 Å². The smallest absolute Gasteiger partial charge is 0.351 e. The predicted molar refractivity (Wildman–Crippen MR) is 68.5 cm³/mol. The van der Waals surface area contributed by atoms with Crippen LogP contribution in [0.25, 0.3) is 0 Å². The number of nitrogens with zero attached hydrogens (tertiary/aromatic N) is 2. The minimum atomic E-state index is -1.31. The number of aliphatic hydroxyl groups excluding tert-OH is 2. The lowest BCUT2D eigenvalue weighted by atomic mass is 9.98. The molecule has 0 spiro atoms. The maximum atomic E-state index is 11.7. The third-order valence-electron chi connectivity index (χ3n) is 3.10. The molecule has 1 aliphatic rings. The summed E-state index contributed by atoms with van der Waals surface area (Å²) in [5.41, 5.74) is 4.66. The fraction of sp³-hybridized carbons (Fsp3) is 0.455. The van der Waals surface area contributed by atoms with Crippen LogP contribution in [0.5, 0.6) is 0 Å². The zero-order valence-corrected chi connectivity index (χ0v) is 10.7. The Hall–Kier alpha value is -1.41. The van der Waals surface area contributed by atoms with E-state index in [1.165, 1.54) is 22.9 Å². The third kappa shape index (κ3) is 2.50. The first-order valence-electron chi connectivity index (χ1n) is 5.62. The molecule has 19 heavy (non-hydrogen) atoms. The molecule has 8 heteroatoms. The van der Waals surface area contributed by atoms with E-state index in [1.54, 1.807) is 0 Å². The minimum Gasteiger partial charge on any atom is -0.393 e. The number of rotatable bonds is 3. The van der Waals surface area contributed by atoms with Crippen molar-refractivity contribution in [3.8, 4) is 0 Å². The molecule has 0 unspecified atom stereocenters. The maximum Gasteiger partial charge on any atom is 0.351 e. The van der Waals surface area contributed by atoms with Crippen molar-refractivity contribution in [1.29, 1.82) is 0 Å². The molecule has 4 N–H and O–H groups in total. The van der Waals surface area contributed by atoms with Crippen LogP contribution in [-0.2, 0) is 4.74 Å². The van der Waals surface area contributed by atoms with Gasteiger partial charge in [-0.25, -0.2) is 4.79 Å². The predicted octanol–water partition coefficient (Wildman–Crippen LogP) is -0.411. The summed E-state index contributed by atoms with van der Waals surface area (Å²) in [7, 11) is 0. The first-order valence-corrected chi connectivity index (χ1v) is 6.05. The molecule has 1 aliphatic heterocycles. The Labute approximate surface area is 113 Å². The number of hydrogen-bond donors (Lipinski definition) is 3. The molecule has 1 aromatic heterocycles. The van der Waals surface area contributed by atoms with Crippen molar-refractivity contribution in [2.45, 2.75) is 24.4 Å². The molecule has 0 radical (unpaired) electrons. The van der Waals surface area contributed by atoms with Crippen molar-refractivity contribution in [2.75, 3.05) is 12.3 Å². The van der Waals surface area contributed by atoms with E-state index in [1.807, 2.05) is 0 Å². The topological polar surface area (TPSA) is 111 Å². The van der Waals surface area contributed by atoms with Gasteiger partial charge in [0.05, 0.1) is 12.7 Å². The summed E-state index contributed by atoms with van der Waals surface area (Å²) in [5, 5.41) is 19.4. The lowest BCUT2D eigenvalue weighted by Gasteiger charge is -2.26. The van der Waals surface area contributed by atoms with Gasteiger partial charge >= 0.3 is 5.69 Å². The minimum absolute atomic E-state index is 0.105. The highest BCUT2D eigenvalue weighted by Gasteiger charge is 2.46. The summed E-state index contributed by atoms with van der Waals surface area (Å²) in [6.45, 7) is -0.453. The third-order valence-corrected chi connectivity index (χ3v) is 3.22. The maximum absolute atomic E-state index is 11.7. The molecule has 3 atom stereocenters. The van der Waals surface area contributed by atoms with Gasteiger partial charge in [-0.2, -0.15) is 4.98 Å². The van der Waals surface area contributed by atoms with Crippen LogP contribution >= 0.6 is 11.6 Å². The number of hydrogen-bond acceptors (Lipinski definition) is 6. The van der Waals surface area contributed by atoms with Crippen molar-refractivity contribution in [3.63, 3.8) is 0 Å². The summed E-state index contributed by atoms with van der Waals surface area (Å²) in [6.07, 6.45) is 1.19. The van der Waals surface area contributed by atoms with Crippen molar-refractivity contribution < 1.29 is 14.9 Å². The van der Waals surface area contributed by atoms with Crippen LogP contribution in [0.4, 0.5) is 5.82 Å². The van der Waals surface area contributed by atoms with Crippen LogP contribution in [-0.4, -0.2) is 38.1 Å². The molecule has 104 valence electrons. The number of aromatic nitrogens is 2. The van der Waals surface area contributed by atoms with Crippen molar-refractivity contribution in [1.82, 2.24) is 9.55 Å². The first-order chi connectivity index (χ1) is 9.02. The second kappa shape index (κ2) is 5.30. The Morgan fingerprint density at radius 1 is 1.74 bits per heavy atom. The van der Waals surface area contributed by atoms with Gasteiger partial charge < -0.3 is 20.7 Å². The van der Waals surface area contributed by atoms with Crippen molar-refractivity contribution in [3.05, 3.63) is 34.4 Å². The van der Waals surface area contributed by atoms with Crippen LogP contribution in [0.2, 0.25) is 0 Å². The fourth-order valence-corrected chi connectivity index (χ4v) is 2.25. The van der Waals surface area contributed by atoms with Gasteiger partial charge in [0.15, 0.2) is 0 Å². The van der Waals surface area contributed by atoms with Gasteiger partial charge in [0, 0.05) is 18.2 Å². The number of anilines is 1. The van der Waals surface area contributed by atoms with E-state index in [0.717, 1.165) is 5.54 Å². The normalized spacial score (nSPS) is 31.1. The zero-order valence-electron chi connectivity index (χ0n) is 9.94. The van der Waals surface area contributed by atoms with Crippen molar-refractivity contribution in [2.24, 2.45) is 0 Å². The highest BCUT2D eigenvalue weighted by molar-refractivity contribution is 6.25. The van der Waals surface area contributed by atoms with Crippen molar-refractivity contribution >= 4 is 17.4 Å². The second-order valence-electron chi connectivity index (χ2n) is 4.27. The summed E-state index contributed by atoms with van der Waals surface area (Å²) in [4.78, 5) is 15.3. The highest BCUT2D eigenvalue weighted by atomic mass is 35.5. The Bertz CT molecular complexity index is 547.